The summed E-state index contributed by atoms with van der Waals surface area (Å²) in [5.41, 5.74) is -0.276. The smallest absolute Gasteiger partial charge is 0.368 e. The highest BCUT2D eigenvalue weighted by atomic mass is 35.5. The van der Waals surface area contributed by atoms with Gasteiger partial charge in [0.15, 0.2) is 5.82 Å². The summed E-state index contributed by atoms with van der Waals surface area (Å²) in [5.74, 6) is 0.643. The Hall–Kier alpha value is -2.30. The van der Waals surface area contributed by atoms with E-state index < -0.39 is 11.7 Å². The largest absolute Gasteiger partial charge is 0.418 e. The number of rotatable bonds is 5. The molecule has 2 N–H and O–H groups in total. The van der Waals surface area contributed by atoms with Gasteiger partial charge in [-0.2, -0.15) is 18.2 Å². The van der Waals surface area contributed by atoms with E-state index in [1.54, 1.807) is 11.0 Å². The summed E-state index contributed by atoms with van der Waals surface area (Å²) in [7, 11) is 4.11. The van der Waals surface area contributed by atoms with E-state index in [1.807, 2.05) is 7.05 Å². The third-order valence-electron chi connectivity index (χ3n) is 7.79. The van der Waals surface area contributed by atoms with E-state index in [4.69, 9.17) is 11.6 Å². The zero-order chi connectivity index (χ0) is 27.2. The zero-order valence-corrected chi connectivity index (χ0v) is 23.1. The van der Waals surface area contributed by atoms with Crippen LogP contribution in [0, 0.1) is 0 Å². The second-order valence-electron chi connectivity index (χ2n) is 11.5. The number of benzene rings is 1. The molecule has 2 aliphatic rings. The average Bonchev–Trinajstić information content (AvgIpc) is 2.79. The van der Waals surface area contributed by atoms with Crippen LogP contribution in [0.25, 0.3) is 0 Å². The van der Waals surface area contributed by atoms with Crippen LogP contribution in [0.15, 0.2) is 24.4 Å². The van der Waals surface area contributed by atoms with E-state index >= 15 is 0 Å². The van der Waals surface area contributed by atoms with Crippen molar-refractivity contribution in [3.8, 4) is 0 Å². The molecule has 11 heteroatoms. The third kappa shape index (κ3) is 6.23. The molecule has 0 aliphatic carbocycles. The number of piperazine rings is 1. The maximum atomic E-state index is 14.0. The normalized spacial score (nSPS) is 21.2. The molecule has 0 unspecified atom stereocenters. The van der Waals surface area contributed by atoms with Crippen molar-refractivity contribution in [2.24, 2.45) is 0 Å². The number of halogens is 4. The Labute approximate surface area is 222 Å². The van der Waals surface area contributed by atoms with Gasteiger partial charge in [-0.05, 0) is 72.8 Å². The molecule has 0 amide bonds. The lowest BCUT2D eigenvalue weighted by molar-refractivity contribution is -0.137. The standard InChI is InChI=1S/C26H37ClF3N7/c1-24(2)14-18(15-25(3,4)36(24)6)32-22-20(27)16-31-23(34-22)33-17-7-8-21(19(13-17)26(28,29)30)37-11-9-35(5)10-12-37/h7-8,13,16,18H,9-12,14-15H2,1-6H3,(H2,31,32,33,34). The number of anilines is 4. The maximum Gasteiger partial charge on any atom is 0.418 e. The van der Waals surface area contributed by atoms with Crippen LogP contribution in [0.5, 0.6) is 0 Å². The van der Waals surface area contributed by atoms with Crippen LogP contribution >= 0.6 is 11.6 Å². The first kappa shape index (κ1) is 27.7. The molecule has 0 saturated carbocycles. The second kappa shape index (κ2) is 10.1. The third-order valence-corrected chi connectivity index (χ3v) is 8.07. The Morgan fingerprint density at radius 3 is 2.22 bits per heavy atom. The van der Waals surface area contributed by atoms with Crippen molar-refractivity contribution in [1.29, 1.82) is 0 Å². The predicted molar refractivity (Wildman–Crippen MR) is 144 cm³/mol. The minimum Gasteiger partial charge on any atom is -0.368 e. The fourth-order valence-electron chi connectivity index (χ4n) is 5.49. The summed E-state index contributed by atoms with van der Waals surface area (Å²) in [6.07, 6.45) is -1.25. The number of likely N-dealkylation sites (N-methyl/N-ethyl adjacent to an activating group) is 1. The lowest BCUT2D eigenvalue weighted by Crippen LogP contribution is -2.61. The molecule has 4 rings (SSSR count). The molecular formula is C26H37ClF3N7. The van der Waals surface area contributed by atoms with Crippen molar-refractivity contribution >= 4 is 34.7 Å². The van der Waals surface area contributed by atoms with Crippen molar-refractivity contribution in [2.75, 3.05) is 55.8 Å². The van der Waals surface area contributed by atoms with Crippen LogP contribution in [-0.2, 0) is 6.18 Å². The summed E-state index contributed by atoms with van der Waals surface area (Å²) >= 11 is 6.41. The Bertz CT molecular complexity index is 1100. The highest BCUT2D eigenvalue weighted by Crippen LogP contribution is 2.40. The number of hydrogen-bond donors (Lipinski definition) is 2. The van der Waals surface area contributed by atoms with Crippen LogP contribution in [0.1, 0.15) is 46.1 Å². The molecule has 204 valence electrons. The summed E-state index contributed by atoms with van der Waals surface area (Å²) < 4.78 is 42.0. The number of hydrogen-bond acceptors (Lipinski definition) is 7. The molecule has 0 atom stereocenters. The Balaban J connectivity index is 1.55. The maximum absolute atomic E-state index is 14.0. The molecule has 2 fully saturated rings. The molecule has 0 bridgehead atoms. The number of aromatic nitrogens is 2. The summed E-state index contributed by atoms with van der Waals surface area (Å²) in [6, 6.07) is 4.41. The van der Waals surface area contributed by atoms with Crippen molar-refractivity contribution in [3.63, 3.8) is 0 Å². The van der Waals surface area contributed by atoms with Gasteiger partial charge in [-0.25, -0.2) is 4.98 Å². The van der Waals surface area contributed by atoms with Gasteiger partial charge in [-0.3, -0.25) is 4.90 Å². The van der Waals surface area contributed by atoms with Gasteiger partial charge in [0.2, 0.25) is 5.95 Å². The highest BCUT2D eigenvalue weighted by Gasteiger charge is 2.43. The summed E-state index contributed by atoms with van der Waals surface area (Å²) in [5, 5.41) is 6.76. The Morgan fingerprint density at radius 1 is 1.00 bits per heavy atom. The molecule has 2 aromatic rings. The van der Waals surface area contributed by atoms with E-state index in [9.17, 15) is 13.2 Å². The van der Waals surface area contributed by atoms with Crippen LogP contribution in [-0.4, -0.2) is 77.2 Å². The van der Waals surface area contributed by atoms with E-state index in [0.29, 0.717) is 23.9 Å². The predicted octanol–water partition coefficient (Wildman–Crippen LogP) is 5.71. The summed E-state index contributed by atoms with van der Waals surface area (Å²) in [4.78, 5) is 15.0. The quantitative estimate of drug-likeness (QED) is 0.505. The van der Waals surface area contributed by atoms with Gasteiger partial charge in [-0.15, -0.1) is 0 Å². The average molecular weight is 540 g/mol. The minimum absolute atomic E-state index is 0.0283. The van der Waals surface area contributed by atoms with Crippen molar-refractivity contribution in [2.45, 2.75) is 63.8 Å². The topological polar surface area (TPSA) is 59.6 Å². The molecule has 2 saturated heterocycles. The van der Waals surface area contributed by atoms with Gasteiger partial charge < -0.3 is 20.4 Å². The van der Waals surface area contributed by atoms with Crippen molar-refractivity contribution in [1.82, 2.24) is 19.8 Å². The molecule has 1 aromatic carbocycles. The molecule has 0 spiro atoms. The molecule has 3 heterocycles. The Morgan fingerprint density at radius 2 is 1.62 bits per heavy atom. The lowest BCUT2D eigenvalue weighted by Gasteiger charge is -2.53. The van der Waals surface area contributed by atoms with E-state index in [-0.39, 0.29) is 34.4 Å². The molecule has 0 radical (unpaired) electrons. The van der Waals surface area contributed by atoms with Crippen LogP contribution in [0.3, 0.4) is 0 Å². The van der Waals surface area contributed by atoms with Gasteiger partial charge in [0.05, 0.1) is 11.8 Å². The van der Waals surface area contributed by atoms with Gasteiger partial charge in [-0.1, -0.05) is 11.6 Å². The SMILES string of the molecule is CN1CCN(c2ccc(Nc3ncc(Cl)c(NC4CC(C)(C)N(C)C(C)(C)C4)n3)cc2C(F)(F)F)CC1. The molecule has 2 aliphatic heterocycles. The second-order valence-corrected chi connectivity index (χ2v) is 11.9. The van der Waals surface area contributed by atoms with Crippen LogP contribution < -0.4 is 15.5 Å². The lowest BCUT2D eigenvalue weighted by atomic mass is 9.77. The van der Waals surface area contributed by atoms with Crippen molar-refractivity contribution < 1.29 is 13.2 Å². The molecular weight excluding hydrogens is 503 g/mol. The molecule has 1 aromatic heterocycles. The van der Waals surface area contributed by atoms with Gasteiger partial charge in [0, 0.05) is 54.7 Å². The number of nitrogens with one attached hydrogen (secondary N) is 2. The number of piperidine rings is 1. The monoisotopic (exact) mass is 539 g/mol. The zero-order valence-electron chi connectivity index (χ0n) is 22.4. The first-order valence-corrected chi connectivity index (χ1v) is 13.0. The van der Waals surface area contributed by atoms with Crippen molar-refractivity contribution in [3.05, 3.63) is 35.0 Å². The molecule has 37 heavy (non-hydrogen) atoms. The number of alkyl halides is 3. The fraction of sp³-hybridized carbons (Fsp3) is 0.615. The van der Waals surface area contributed by atoms with Crippen LogP contribution in [0.4, 0.5) is 36.3 Å². The Kier molecular flexibility index (Phi) is 7.58. The van der Waals surface area contributed by atoms with Gasteiger partial charge >= 0.3 is 6.18 Å². The number of likely N-dealkylation sites (tertiary alicyclic amines) is 1. The first-order chi connectivity index (χ1) is 17.2. The van der Waals surface area contributed by atoms with E-state index in [1.165, 1.54) is 12.3 Å². The number of nitrogens with zero attached hydrogens (tertiary/aromatic N) is 5. The fourth-order valence-corrected chi connectivity index (χ4v) is 5.63. The van der Waals surface area contributed by atoms with Gasteiger partial charge in [0.25, 0.3) is 0 Å². The summed E-state index contributed by atoms with van der Waals surface area (Å²) in [6.45, 7) is 11.4. The minimum atomic E-state index is -4.49. The molecule has 7 nitrogen and oxygen atoms in total. The van der Waals surface area contributed by atoms with E-state index in [2.05, 4.69) is 65.1 Å². The van der Waals surface area contributed by atoms with Gasteiger partial charge in [0.1, 0.15) is 5.02 Å². The highest BCUT2D eigenvalue weighted by molar-refractivity contribution is 6.32. The van der Waals surface area contributed by atoms with E-state index in [0.717, 1.165) is 32.0 Å². The first-order valence-electron chi connectivity index (χ1n) is 12.6. The van der Waals surface area contributed by atoms with Crippen LogP contribution in [0.2, 0.25) is 5.02 Å².